The molecule has 0 radical (unpaired) electrons. The van der Waals surface area contributed by atoms with Crippen molar-refractivity contribution in [2.24, 2.45) is 0 Å². The second-order valence-electron chi connectivity index (χ2n) is 5.41. The van der Waals surface area contributed by atoms with E-state index >= 15 is 0 Å². The zero-order chi connectivity index (χ0) is 16.8. The standard InChI is InChI=1S/C12H11NO.C5H9NO3/c1-10-7-8-12(14)13(9-10)11-5-3-2-4-6-11;7-5(8)4-2-1-3-6(4)9/h2-9H,1H3;4,9H,1-3H2,(H,7,8). The van der Waals surface area contributed by atoms with Crippen LogP contribution in [0.15, 0.2) is 53.5 Å². The number of hydrogen-bond acceptors (Lipinski definition) is 4. The van der Waals surface area contributed by atoms with Crippen LogP contribution in [0.1, 0.15) is 18.4 Å². The molecule has 122 valence electrons. The molecule has 0 spiro atoms. The molecular formula is C17H20N2O4. The smallest absolute Gasteiger partial charge is 0.323 e. The van der Waals surface area contributed by atoms with Gasteiger partial charge in [-0.25, -0.2) is 0 Å². The van der Waals surface area contributed by atoms with Crippen molar-refractivity contribution >= 4 is 5.97 Å². The zero-order valence-electron chi connectivity index (χ0n) is 12.9. The Bertz CT molecular complexity index is 712. The van der Waals surface area contributed by atoms with Gasteiger partial charge in [0.25, 0.3) is 5.56 Å². The Balaban J connectivity index is 0.000000185. The molecule has 1 aliphatic heterocycles. The summed E-state index contributed by atoms with van der Waals surface area (Å²) in [6, 6.07) is 12.4. The maximum Gasteiger partial charge on any atom is 0.323 e. The van der Waals surface area contributed by atoms with Gasteiger partial charge in [0, 0.05) is 24.5 Å². The lowest BCUT2D eigenvalue weighted by Crippen LogP contribution is -2.32. The van der Waals surface area contributed by atoms with Gasteiger partial charge >= 0.3 is 5.97 Å². The number of hydroxylamine groups is 2. The second kappa shape index (κ2) is 7.71. The number of rotatable bonds is 2. The Morgan fingerprint density at radius 1 is 1.17 bits per heavy atom. The molecule has 1 saturated heterocycles. The van der Waals surface area contributed by atoms with Gasteiger partial charge in [-0.3, -0.25) is 14.2 Å². The molecule has 0 aliphatic carbocycles. The summed E-state index contributed by atoms with van der Waals surface area (Å²) in [6.45, 7) is 2.45. The number of aryl methyl sites for hydroxylation is 1. The van der Waals surface area contributed by atoms with Crippen LogP contribution in [-0.2, 0) is 4.79 Å². The molecule has 3 rings (SSSR count). The van der Waals surface area contributed by atoms with Gasteiger partial charge in [-0.15, -0.1) is 0 Å². The molecule has 6 heteroatoms. The van der Waals surface area contributed by atoms with Crippen LogP contribution in [0.3, 0.4) is 0 Å². The van der Waals surface area contributed by atoms with Gasteiger partial charge in [0.15, 0.2) is 0 Å². The van der Waals surface area contributed by atoms with E-state index in [1.165, 1.54) is 0 Å². The van der Waals surface area contributed by atoms with Crippen molar-refractivity contribution in [2.45, 2.75) is 25.8 Å². The minimum atomic E-state index is -0.935. The van der Waals surface area contributed by atoms with Crippen LogP contribution in [0.4, 0.5) is 0 Å². The lowest BCUT2D eigenvalue weighted by atomic mass is 10.2. The molecule has 23 heavy (non-hydrogen) atoms. The highest BCUT2D eigenvalue weighted by Crippen LogP contribution is 2.13. The van der Waals surface area contributed by atoms with E-state index in [-0.39, 0.29) is 5.56 Å². The molecule has 1 unspecified atom stereocenters. The summed E-state index contributed by atoms with van der Waals surface area (Å²) in [5.41, 5.74) is 1.98. The second-order valence-corrected chi connectivity index (χ2v) is 5.41. The first kappa shape index (κ1) is 16.9. The first-order chi connectivity index (χ1) is 11.0. The SMILES string of the molecule is Cc1ccc(=O)n(-c2ccccc2)c1.O=C(O)C1CCCN1O. The van der Waals surface area contributed by atoms with Gasteiger partial charge in [0.1, 0.15) is 6.04 Å². The van der Waals surface area contributed by atoms with Crippen molar-refractivity contribution in [3.63, 3.8) is 0 Å². The van der Waals surface area contributed by atoms with Crippen molar-refractivity contribution in [3.8, 4) is 5.69 Å². The first-order valence-corrected chi connectivity index (χ1v) is 7.42. The molecule has 1 aliphatic rings. The van der Waals surface area contributed by atoms with Crippen LogP contribution in [0, 0.1) is 6.92 Å². The van der Waals surface area contributed by atoms with Crippen molar-refractivity contribution in [2.75, 3.05) is 6.54 Å². The summed E-state index contributed by atoms with van der Waals surface area (Å²) in [4.78, 5) is 21.7. The molecule has 0 amide bonds. The highest BCUT2D eigenvalue weighted by atomic mass is 16.5. The Hall–Kier alpha value is -2.44. The summed E-state index contributed by atoms with van der Waals surface area (Å²) in [5.74, 6) is -0.935. The molecule has 0 saturated carbocycles. The lowest BCUT2D eigenvalue weighted by Gasteiger charge is -2.11. The number of benzene rings is 1. The molecule has 1 fully saturated rings. The molecule has 1 atom stereocenters. The van der Waals surface area contributed by atoms with Gasteiger partial charge in [-0.2, -0.15) is 5.06 Å². The summed E-state index contributed by atoms with van der Waals surface area (Å²) in [7, 11) is 0. The number of nitrogens with zero attached hydrogens (tertiary/aromatic N) is 2. The number of carboxylic acid groups (broad SMARTS) is 1. The zero-order valence-corrected chi connectivity index (χ0v) is 12.9. The van der Waals surface area contributed by atoms with E-state index in [1.807, 2.05) is 49.5 Å². The fourth-order valence-electron chi connectivity index (χ4n) is 2.39. The Morgan fingerprint density at radius 3 is 2.39 bits per heavy atom. The number of aromatic nitrogens is 1. The molecule has 0 bridgehead atoms. The van der Waals surface area contributed by atoms with Crippen LogP contribution in [0.5, 0.6) is 0 Å². The highest BCUT2D eigenvalue weighted by molar-refractivity contribution is 5.73. The maximum atomic E-state index is 11.5. The quantitative estimate of drug-likeness (QED) is 0.886. The topological polar surface area (TPSA) is 82.8 Å². The summed E-state index contributed by atoms with van der Waals surface area (Å²) >= 11 is 0. The Labute approximate surface area is 134 Å². The predicted molar refractivity (Wildman–Crippen MR) is 85.9 cm³/mol. The normalized spacial score (nSPS) is 17.4. The number of hydrogen-bond donors (Lipinski definition) is 2. The first-order valence-electron chi connectivity index (χ1n) is 7.42. The van der Waals surface area contributed by atoms with Gasteiger partial charge in [0.2, 0.25) is 0 Å². The maximum absolute atomic E-state index is 11.5. The number of carboxylic acids is 1. The van der Waals surface area contributed by atoms with Crippen molar-refractivity contribution in [1.29, 1.82) is 0 Å². The van der Waals surface area contributed by atoms with Crippen LogP contribution < -0.4 is 5.56 Å². The summed E-state index contributed by atoms with van der Waals surface area (Å²) < 4.78 is 1.65. The molecule has 2 N–H and O–H groups in total. The minimum absolute atomic E-state index is 0.00167. The van der Waals surface area contributed by atoms with E-state index in [9.17, 15) is 9.59 Å². The van der Waals surface area contributed by atoms with E-state index in [4.69, 9.17) is 10.3 Å². The van der Waals surface area contributed by atoms with Crippen LogP contribution >= 0.6 is 0 Å². The lowest BCUT2D eigenvalue weighted by molar-refractivity contribution is -0.160. The van der Waals surface area contributed by atoms with E-state index in [2.05, 4.69) is 0 Å². The van der Waals surface area contributed by atoms with E-state index in [1.54, 1.807) is 10.6 Å². The average molecular weight is 316 g/mol. The number of pyridine rings is 1. The third kappa shape index (κ3) is 4.51. The highest BCUT2D eigenvalue weighted by Gasteiger charge is 2.28. The monoisotopic (exact) mass is 316 g/mol. The molecule has 2 heterocycles. The van der Waals surface area contributed by atoms with Gasteiger partial charge in [-0.1, -0.05) is 24.3 Å². The van der Waals surface area contributed by atoms with Crippen molar-refractivity contribution in [3.05, 3.63) is 64.6 Å². The average Bonchev–Trinajstić information content (AvgIpc) is 2.98. The summed E-state index contributed by atoms with van der Waals surface area (Å²) in [5, 5.41) is 18.1. The number of para-hydroxylation sites is 1. The predicted octanol–water partition coefficient (Wildman–Crippen LogP) is 2.07. The van der Waals surface area contributed by atoms with Crippen molar-refractivity contribution in [1.82, 2.24) is 9.63 Å². The third-order valence-corrected chi connectivity index (χ3v) is 3.60. The number of carbonyl (C=O) groups is 1. The van der Waals surface area contributed by atoms with Gasteiger partial charge < -0.3 is 10.3 Å². The van der Waals surface area contributed by atoms with E-state index in [0.29, 0.717) is 13.0 Å². The van der Waals surface area contributed by atoms with E-state index < -0.39 is 12.0 Å². The van der Waals surface area contributed by atoms with Crippen LogP contribution in [0.2, 0.25) is 0 Å². The minimum Gasteiger partial charge on any atom is -0.480 e. The molecular weight excluding hydrogens is 296 g/mol. The summed E-state index contributed by atoms with van der Waals surface area (Å²) in [6.07, 6.45) is 3.18. The van der Waals surface area contributed by atoms with Gasteiger partial charge in [0.05, 0.1) is 0 Å². The van der Waals surface area contributed by atoms with E-state index in [0.717, 1.165) is 22.7 Å². The fraction of sp³-hybridized carbons (Fsp3) is 0.294. The van der Waals surface area contributed by atoms with Crippen LogP contribution in [-0.4, -0.2) is 38.5 Å². The molecule has 2 aromatic rings. The van der Waals surface area contributed by atoms with Crippen molar-refractivity contribution < 1.29 is 15.1 Å². The van der Waals surface area contributed by atoms with Gasteiger partial charge in [-0.05, 0) is 37.5 Å². The largest absolute Gasteiger partial charge is 0.480 e. The molecule has 1 aromatic heterocycles. The molecule has 6 nitrogen and oxygen atoms in total. The fourth-order valence-corrected chi connectivity index (χ4v) is 2.39. The molecule has 1 aromatic carbocycles. The number of aliphatic carboxylic acids is 1. The Kier molecular flexibility index (Phi) is 5.67. The van der Waals surface area contributed by atoms with Crippen LogP contribution in [0.25, 0.3) is 5.69 Å². The Morgan fingerprint density at radius 2 is 1.87 bits per heavy atom. The third-order valence-electron chi connectivity index (χ3n) is 3.60.